The van der Waals surface area contributed by atoms with E-state index in [0.717, 1.165) is 30.6 Å². The average Bonchev–Trinajstić information content (AvgIpc) is 3.05. The van der Waals surface area contributed by atoms with Crippen LogP contribution in [0, 0.1) is 0 Å². The highest BCUT2D eigenvalue weighted by atomic mass is 19.4. The first-order chi connectivity index (χ1) is 9.87. The van der Waals surface area contributed by atoms with Crippen LogP contribution in [0.15, 0.2) is 0 Å². The first-order valence-electron chi connectivity index (χ1n) is 7.17. The molecular weight excluding hydrogens is 289 g/mol. The molecule has 0 aromatic carbocycles. The standard InChI is InChI=1S/C13H19F3N2O3/c14-13(15,16)8-21-12(20)18-7-3-6-10(18)11(19)17-9-4-1-2-5-9/h9-10H,1-8H2,(H,17,19)/t10-/m1/s1. The van der Waals surface area contributed by atoms with Crippen molar-refractivity contribution in [3.8, 4) is 0 Å². The molecule has 0 radical (unpaired) electrons. The minimum atomic E-state index is -4.56. The summed E-state index contributed by atoms with van der Waals surface area (Å²) in [5.74, 6) is -0.289. The molecule has 0 aromatic heterocycles. The molecule has 1 heterocycles. The lowest BCUT2D eigenvalue weighted by atomic mass is 10.2. The Bertz CT molecular complexity index is 395. The van der Waals surface area contributed by atoms with Gasteiger partial charge in [-0.05, 0) is 25.7 Å². The molecule has 2 rings (SSSR count). The van der Waals surface area contributed by atoms with Crippen LogP contribution in [-0.2, 0) is 9.53 Å². The molecule has 1 aliphatic carbocycles. The van der Waals surface area contributed by atoms with Gasteiger partial charge in [0.25, 0.3) is 0 Å². The number of carbonyl (C=O) groups is 2. The third-order valence-electron chi connectivity index (χ3n) is 3.85. The number of likely N-dealkylation sites (tertiary alicyclic amines) is 1. The summed E-state index contributed by atoms with van der Waals surface area (Å²) in [6, 6.07) is -0.600. The summed E-state index contributed by atoms with van der Waals surface area (Å²) in [5, 5.41) is 2.87. The third kappa shape index (κ3) is 4.50. The monoisotopic (exact) mass is 308 g/mol. The van der Waals surface area contributed by atoms with E-state index in [2.05, 4.69) is 10.1 Å². The topological polar surface area (TPSA) is 58.6 Å². The Morgan fingerprint density at radius 2 is 1.81 bits per heavy atom. The molecule has 2 fully saturated rings. The number of amides is 2. The molecule has 1 N–H and O–H groups in total. The number of rotatable bonds is 3. The highest BCUT2D eigenvalue weighted by Gasteiger charge is 2.38. The summed E-state index contributed by atoms with van der Waals surface area (Å²) >= 11 is 0. The number of carbonyl (C=O) groups excluding carboxylic acids is 2. The molecule has 0 aromatic rings. The molecule has 0 spiro atoms. The van der Waals surface area contributed by atoms with Crippen molar-refractivity contribution in [3.05, 3.63) is 0 Å². The molecular formula is C13H19F3N2O3. The van der Waals surface area contributed by atoms with E-state index in [1.165, 1.54) is 0 Å². The zero-order valence-electron chi connectivity index (χ0n) is 11.6. The van der Waals surface area contributed by atoms with E-state index in [1.807, 2.05) is 0 Å². The van der Waals surface area contributed by atoms with Gasteiger partial charge in [0.2, 0.25) is 5.91 Å². The van der Waals surface area contributed by atoms with Crippen LogP contribution in [0.1, 0.15) is 38.5 Å². The Labute approximate surface area is 120 Å². The van der Waals surface area contributed by atoms with Gasteiger partial charge in [0, 0.05) is 12.6 Å². The molecule has 1 atom stereocenters. The van der Waals surface area contributed by atoms with E-state index >= 15 is 0 Å². The molecule has 8 heteroatoms. The van der Waals surface area contributed by atoms with Crippen LogP contribution in [-0.4, -0.2) is 48.3 Å². The van der Waals surface area contributed by atoms with E-state index < -0.39 is 24.9 Å². The van der Waals surface area contributed by atoms with Crippen molar-refractivity contribution in [1.82, 2.24) is 10.2 Å². The first-order valence-corrected chi connectivity index (χ1v) is 7.17. The van der Waals surface area contributed by atoms with Crippen molar-refractivity contribution >= 4 is 12.0 Å². The van der Waals surface area contributed by atoms with Gasteiger partial charge in [0.1, 0.15) is 6.04 Å². The fourth-order valence-corrected chi connectivity index (χ4v) is 2.85. The number of ether oxygens (including phenoxy) is 1. The summed E-state index contributed by atoms with van der Waals surface area (Å²) in [6.45, 7) is -1.38. The normalized spacial score (nSPS) is 23.4. The van der Waals surface area contributed by atoms with Gasteiger partial charge >= 0.3 is 12.3 Å². The molecule has 1 saturated carbocycles. The number of halogens is 3. The lowest BCUT2D eigenvalue weighted by Gasteiger charge is -2.25. The molecule has 5 nitrogen and oxygen atoms in total. The maximum Gasteiger partial charge on any atom is 0.422 e. The second-order valence-electron chi connectivity index (χ2n) is 5.51. The van der Waals surface area contributed by atoms with Crippen molar-refractivity contribution in [3.63, 3.8) is 0 Å². The van der Waals surface area contributed by atoms with Crippen molar-refractivity contribution in [2.24, 2.45) is 0 Å². The molecule has 0 bridgehead atoms. The number of hydrogen-bond donors (Lipinski definition) is 1. The molecule has 1 saturated heterocycles. The van der Waals surface area contributed by atoms with Crippen LogP contribution >= 0.6 is 0 Å². The average molecular weight is 308 g/mol. The fourth-order valence-electron chi connectivity index (χ4n) is 2.85. The van der Waals surface area contributed by atoms with Crippen molar-refractivity contribution < 1.29 is 27.5 Å². The van der Waals surface area contributed by atoms with Crippen LogP contribution in [0.4, 0.5) is 18.0 Å². The molecule has 2 amide bonds. The van der Waals surface area contributed by atoms with E-state index in [9.17, 15) is 22.8 Å². The van der Waals surface area contributed by atoms with Gasteiger partial charge < -0.3 is 10.1 Å². The smallest absolute Gasteiger partial charge is 0.422 e. The van der Waals surface area contributed by atoms with Gasteiger partial charge in [0.15, 0.2) is 6.61 Å². The molecule has 0 unspecified atom stereocenters. The van der Waals surface area contributed by atoms with Crippen LogP contribution in [0.5, 0.6) is 0 Å². The Balaban J connectivity index is 1.86. The van der Waals surface area contributed by atoms with Gasteiger partial charge in [-0.15, -0.1) is 0 Å². The highest BCUT2D eigenvalue weighted by molar-refractivity contribution is 5.86. The molecule has 21 heavy (non-hydrogen) atoms. The fraction of sp³-hybridized carbons (Fsp3) is 0.846. The molecule has 1 aliphatic heterocycles. The summed E-state index contributed by atoms with van der Waals surface area (Å²) in [4.78, 5) is 24.9. The molecule has 2 aliphatic rings. The Morgan fingerprint density at radius 3 is 2.43 bits per heavy atom. The number of hydrogen-bond acceptors (Lipinski definition) is 3. The lowest BCUT2D eigenvalue weighted by molar-refractivity contribution is -0.162. The van der Waals surface area contributed by atoms with Crippen LogP contribution in [0.25, 0.3) is 0 Å². The maximum atomic E-state index is 12.1. The molecule has 120 valence electrons. The van der Waals surface area contributed by atoms with Crippen molar-refractivity contribution in [2.75, 3.05) is 13.2 Å². The minimum absolute atomic E-state index is 0.117. The van der Waals surface area contributed by atoms with Gasteiger partial charge in [0.05, 0.1) is 0 Å². The zero-order valence-corrected chi connectivity index (χ0v) is 11.6. The number of nitrogens with zero attached hydrogens (tertiary/aromatic N) is 1. The number of nitrogens with one attached hydrogen (secondary N) is 1. The summed E-state index contributed by atoms with van der Waals surface area (Å²) in [7, 11) is 0. The largest absolute Gasteiger partial charge is 0.440 e. The predicted octanol–water partition coefficient (Wildman–Crippen LogP) is 2.21. The highest BCUT2D eigenvalue weighted by Crippen LogP contribution is 2.22. The minimum Gasteiger partial charge on any atom is -0.440 e. The SMILES string of the molecule is O=C(NC1CCCC1)[C@H]1CCCN1C(=O)OCC(F)(F)F. The summed E-state index contributed by atoms with van der Waals surface area (Å²) in [6.07, 6.45) is -0.634. The zero-order chi connectivity index (χ0) is 15.5. The second-order valence-corrected chi connectivity index (χ2v) is 5.51. The predicted molar refractivity (Wildman–Crippen MR) is 67.5 cm³/mol. The Morgan fingerprint density at radius 1 is 1.14 bits per heavy atom. The third-order valence-corrected chi connectivity index (χ3v) is 3.85. The van der Waals surface area contributed by atoms with Crippen molar-refractivity contribution in [2.45, 2.75) is 56.8 Å². The van der Waals surface area contributed by atoms with E-state index in [0.29, 0.717) is 12.8 Å². The van der Waals surface area contributed by atoms with E-state index in [1.54, 1.807) is 0 Å². The van der Waals surface area contributed by atoms with Crippen LogP contribution < -0.4 is 5.32 Å². The quantitative estimate of drug-likeness (QED) is 0.869. The van der Waals surface area contributed by atoms with Gasteiger partial charge in [-0.1, -0.05) is 12.8 Å². The first kappa shape index (κ1) is 15.9. The van der Waals surface area contributed by atoms with Gasteiger partial charge in [-0.3, -0.25) is 9.69 Å². The Hall–Kier alpha value is -1.47. The summed E-state index contributed by atoms with van der Waals surface area (Å²) in [5.41, 5.74) is 0. The van der Waals surface area contributed by atoms with Gasteiger partial charge in [-0.2, -0.15) is 13.2 Å². The second kappa shape index (κ2) is 6.53. The van der Waals surface area contributed by atoms with Gasteiger partial charge in [-0.25, -0.2) is 4.79 Å². The Kier molecular flexibility index (Phi) is 4.95. The van der Waals surface area contributed by atoms with E-state index in [-0.39, 0.29) is 18.5 Å². The number of alkyl halides is 3. The summed E-state index contributed by atoms with van der Waals surface area (Å²) < 4.78 is 40.4. The van der Waals surface area contributed by atoms with Crippen LogP contribution in [0.2, 0.25) is 0 Å². The van der Waals surface area contributed by atoms with Crippen LogP contribution in [0.3, 0.4) is 0 Å². The van der Waals surface area contributed by atoms with E-state index in [4.69, 9.17) is 0 Å². The maximum absolute atomic E-state index is 12.1. The lowest BCUT2D eigenvalue weighted by Crippen LogP contribution is -2.48. The van der Waals surface area contributed by atoms with Crippen molar-refractivity contribution in [1.29, 1.82) is 0 Å².